The Balaban J connectivity index is 0.00000200. The summed E-state index contributed by atoms with van der Waals surface area (Å²) in [6, 6.07) is 10.1. The molecule has 1 N–H and O–H groups in total. The predicted molar refractivity (Wildman–Crippen MR) is 83.8 cm³/mol. The number of nitrogens with zero attached hydrogens (tertiary/aromatic N) is 2. The SMILES string of the molecule is Cc1nn(Cc2ccccc2)c(C)c1NC(=O)CCl.Cl. The lowest BCUT2D eigenvalue weighted by atomic mass is 10.2. The predicted octanol–water partition coefficient (Wildman–Crippen LogP) is 3.15. The molecule has 1 heterocycles. The minimum absolute atomic E-state index is 0. The molecule has 0 saturated heterocycles. The molecule has 0 radical (unpaired) electrons. The van der Waals surface area contributed by atoms with E-state index in [1.54, 1.807) is 0 Å². The lowest BCUT2D eigenvalue weighted by molar-refractivity contribution is -0.113. The Hall–Kier alpha value is -1.52. The highest BCUT2D eigenvalue weighted by Gasteiger charge is 2.13. The zero-order valence-electron chi connectivity index (χ0n) is 11.4. The van der Waals surface area contributed by atoms with Crippen molar-refractivity contribution in [2.75, 3.05) is 11.2 Å². The van der Waals surface area contributed by atoms with Crippen LogP contribution in [-0.2, 0) is 11.3 Å². The van der Waals surface area contributed by atoms with E-state index in [-0.39, 0.29) is 24.2 Å². The number of carbonyl (C=O) groups excluding carboxylic acids is 1. The van der Waals surface area contributed by atoms with Gasteiger partial charge in [0, 0.05) is 0 Å². The van der Waals surface area contributed by atoms with Gasteiger partial charge in [0.1, 0.15) is 5.88 Å². The number of nitrogens with one attached hydrogen (secondary N) is 1. The van der Waals surface area contributed by atoms with Crippen LogP contribution in [0.3, 0.4) is 0 Å². The third-order valence-electron chi connectivity index (χ3n) is 2.94. The second-order valence-electron chi connectivity index (χ2n) is 4.37. The van der Waals surface area contributed by atoms with Crippen molar-refractivity contribution >= 4 is 35.6 Å². The van der Waals surface area contributed by atoms with Gasteiger partial charge in [0.15, 0.2) is 0 Å². The third-order valence-corrected chi connectivity index (χ3v) is 3.19. The first-order chi connectivity index (χ1) is 9.11. The largest absolute Gasteiger partial charge is 0.322 e. The van der Waals surface area contributed by atoms with Gasteiger partial charge in [-0.05, 0) is 19.4 Å². The van der Waals surface area contributed by atoms with Crippen molar-refractivity contribution in [1.82, 2.24) is 9.78 Å². The molecule has 108 valence electrons. The van der Waals surface area contributed by atoms with Gasteiger partial charge in [-0.1, -0.05) is 30.3 Å². The zero-order chi connectivity index (χ0) is 13.8. The van der Waals surface area contributed by atoms with Crippen LogP contribution in [0.15, 0.2) is 30.3 Å². The van der Waals surface area contributed by atoms with Crippen LogP contribution in [0.4, 0.5) is 5.69 Å². The average Bonchev–Trinajstić information content (AvgIpc) is 2.67. The number of alkyl halides is 1. The normalized spacial score (nSPS) is 9.95. The second kappa shape index (κ2) is 7.31. The van der Waals surface area contributed by atoms with Crippen LogP contribution in [0.2, 0.25) is 0 Å². The van der Waals surface area contributed by atoms with Gasteiger partial charge < -0.3 is 5.32 Å². The second-order valence-corrected chi connectivity index (χ2v) is 4.64. The first kappa shape index (κ1) is 16.5. The van der Waals surface area contributed by atoms with E-state index < -0.39 is 0 Å². The molecule has 0 bridgehead atoms. The van der Waals surface area contributed by atoms with Crippen LogP contribution in [0, 0.1) is 13.8 Å². The highest BCUT2D eigenvalue weighted by molar-refractivity contribution is 6.29. The van der Waals surface area contributed by atoms with Gasteiger partial charge in [0.25, 0.3) is 0 Å². The molecule has 0 aliphatic carbocycles. The van der Waals surface area contributed by atoms with Gasteiger partial charge in [-0.2, -0.15) is 5.10 Å². The summed E-state index contributed by atoms with van der Waals surface area (Å²) in [5.74, 6) is -0.268. The van der Waals surface area contributed by atoms with E-state index in [1.165, 1.54) is 5.56 Å². The van der Waals surface area contributed by atoms with Gasteiger partial charge in [0.05, 0.1) is 23.6 Å². The number of benzene rings is 1. The summed E-state index contributed by atoms with van der Waals surface area (Å²) in [4.78, 5) is 11.4. The molecule has 20 heavy (non-hydrogen) atoms. The Kier molecular flexibility index (Phi) is 6.05. The first-order valence-electron chi connectivity index (χ1n) is 6.05. The number of hydrogen-bond donors (Lipinski definition) is 1. The van der Waals surface area contributed by atoms with Gasteiger partial charge in [-0.3, -0.25) is 9.48 Å². The summed E-state index contributed by atoms with van der Waals surface area (Å²) in [5.41, 5.74) is 3.65. The van der Waals surface area contributed by atoms with Gasteiger partial charge in [0.2, 0.25) is 5.91 Å². The maximum absolute atomic E-state index is 11.4. The molecular weight excluding hydrogens is 297 g/mol. The number of carbonyl (C=O) groups is 1. The number of rotatable bonds is 4. The topological polar surface area (TPSA) is 46.9 Å². The molecule has 0 fully saturated rings. The summed E-state index contributed by atoms with van der Waals surface area (Å²) >= 11 is 5.50. The fourth-order valence-corrected chi connectivity index (χ4v) is 2.03. The van der Waals surface area contributed by atoms with E-state index >= 15 is 0 Å². The molecule has 1 amide bonds. The summed E-state index contributed by atoms with van der Waals surface area (Å²) in [5, 5.41) is 7.23. The minimum atomic E-state index is -0.216. The smallest absolute Gasteiger partial charge is 0.239 e. The van der Waals surface area contributed by atoms with Gasteiger partial charge in [-0.25, -0.2) is 0 Å². The fourth-order valence-electron chi connectivity index (χ4n) is 1.96. The lowest BCUT2D eigenvalue weighted by Crippen LogP contribution is -2.14. The van der Waals surface area contributed by atoms with Crippen LogP contribution in [-0.4, -0.2) is 21.6 Å². The van der Waals surface area contributed by atoms with Crippen LogP contribution < -0.4 is 5.32 Å². The number of anilines is 1. The summed E-state index contributed by atoms with van der Waals surface area (Å²) < 4.78 is 1.88. The maximum Gasteiger partial charge on any atom is 0.239 e. The Morgan fingerprint density at radius 1 is 1.30 bits per heavy atom. The fraction of sp³-hybridized carbons (Fsp3) is 0.286. The summed E-state index contributed by atoms with van der Waals surface area (Å²) in [6.07, 6.45) is 0. The maximum atomic E-state index is 11.4. The highest BCUT2D eigenvalue weighted by Crippen LogP contribution is 2.20. The summed E-state index contributed by atoms with van der Waals surface area (Å²) in [6.45, 7) is 4.50. The first-order valence-corrected chi connectivity index (χ1v) is 6.59. The van der Waals surface area contributed by atoms with E-state index in [9.17, 15) is 4.79 Å². The number of hydrogen-bond acceptors (Lipinski definition) is 2. The van der Waals surface area contributed by atoms with E-state index in [0.29, 0.717) is 6.54 Å². The molecule has 6 heteroatoms. The van der Waals surface area contributed by atoms with E-state index in [4.69, 9.17) is 11.6 Å². The molecule has 0 atom stereocenters. The molecule has 4 nitrogen and oxygen atoms in total. The van der Waals surface area contributed by atoms with Crippen molar-refractivity contribution in [3.8, 4) is 0 Å². The Morgan fingerprint density at radius 3 is 2.55 bits per heavy atom. The molecule has 0 saturated carbocycles. The molecule has 1 aromatic heterocycles. The van der Waals surface area contributed by atoms with Gasteiger partial charge >= 0.3 is 0 Å². The lowest BCUT2D eigenvalue weighted by Gasteiger charge is -2.06. The minimum Gasteiger partial charge on any atom is -0.322 e. The molecular formula is C14H17Cl2N3O. The van der Waals surface area contributed by atoms with Crippen LogP contribution in [0.1, 0.15) is 17.0 Å². The molecule has 0 aliphatic rings. The number of aromatic nitrogens is 2. The summed E-state index contributed by atoms with van der Waals surface area (Å²) in [7, 11) is 0. The molecule has 0 aliphatic heterocycles. The number of aryl methyl sites for hydroxylation is 1. The monoisotopic (exact) mass is 313 g/mol. The number of halogens is 2. The molecule has 2 aromatic rings. The quantitative estimate of drug-likeness (QED) is 0.881. The molecule has 2 rings (SSSR count). The van der Waals surface area contributed by atoms with Crippen molar-refractivity contribution in [2.24, 2.45) is 0 Å². The molecule has 1 aromatic carbocycles. The molecule has 0 unspecified atom stereocenters. The standard InChI is InChI=1S/C14H16ClN3O.ClH/c1-10-14(16-13(19)8-15)11(2)18(17-10)9-12-6-4-3-5-7-12;/h3-7H,8-9H2,1-2H3,(H,16,19);1H. The van der Waals surface area contributed by atoms with Crippen molar-refractivity contribution in [2.45, 2.75) is 20.4 Å². The van der Waals surface area contributed by atoms with Crippen LogP contribution in [0.25, 0.3) is 0 Å². The van der Waals surface area contributed by atoms with E-state index in [0.717, 1.165) is 17.1 Å². The van der Waals surface area contributed by atoms with Crippen molar-refractivity contribution in [3.63, 3.8) is 0 Å². The Morgan fingerprint density at radius 2 is 1.95 bits per heavy atom. The van der Waals surface area contributed by atoms with Crippen LogP contribution >= 0.6 is 24.0 Å². The third kappa shape index (κ3) is 3.74. The van der Waals surface area contributed by atoms with Crippen molar-refractivity contribution < 1.29 is 4.79 Å². The van der Waals surface area contributed by atoms with E-state index in [1.807, 2.05) is 48.9 Å². The number of amides is 1. The average molecular weight is 314 g/mol. The highest BCUT2D eigenvalue weighted by atomic mass is 35.5. The molecule has 0 spiro atoms. The zero-order valence-corrected chi connectivity index (χ0v) is 13.0. The Labute approximate surface area is 129 Å². The van der Waals surface area contributed by atoms with Crippen molar-refractivity contribution in [3.05, 3.63) is 47.3 Å². The van der Waals surface area contributed by atoms with Crippen LogP contribution in [0.5, 0.6) is 0 Å². The van der Waals surface area contributed by atoms with E-state index in [2.05, 4.69) is 10.4 Å². The van der Waals surface area contributed by atoms with Gasteiger partial charge in [-0.15, -0.1) is 24.0 Å². The van der Waals surface area contributed by atoms with Crippen molar-refractivity contribution in [1.29, 1.82) is 0 Å². The Bertz CT molecular complexity index is 582.